The topological polar surface area (TPSA) is 79.4 Å². The lowest BCUT2D eigenvalue weighted by Crippen LogP contribution is -2.32. The van der Waals surface area contributed by atoms with E-state index in [1.165, 1.54) is 12.1 Å². The van der Waals surface area contributed by atoms with Crippen molar-refractivity contribution in [3.05, 3.63) is 126 Å². The van der Waals surface area contributed by atoms with Gasteiger partial charge >= 0.3 is 0 Å². The van der Waals surface area contributed by atoms with Crippen molar-refractivity contribution in [1.29, 1.82) is 0 Å². The summed E-state index contributed by atoms with van der Waals surface area (Å²) in [6.07, 6.45) is 1.70. The van der Waals surface area contributed by atoms with E-state index in [1.54, 1.807) is 60.6 Å². The Kier molecular flexibility index (Phi) is 6.51. The molecule has 3 aromatic carbocycles. The molecule has 0 bridgehead atoms. The number of nitrogens with one attached hydrogen (secondary N) is 1. The van der Waals surface area contributed by atoms with E-state index in [2.05, 4.69) is 9.71 Å². The van der Waals surface area contributed by atoms with Crippen LogP contribution in [0.5, 0.6) is 0 Å². The Bertz CT molecular complexity index is 1290. The summed E-state index contributed by atoms with van der Waals surface area (Å²) in [7, 11) is -2.05. The molecular formula is C26H23N3O3S. The van der Waals surface area contributed by atoms with Crippen LogP contribution in [0.1, 0.15) is 27.7 Å². The first kappa shape index (κ1) is 22.2. The number of nitrogens with zero attached hydrogens (tertiary/aromatic N) is 2. The van der Waals surface area contributed by atoms with Gasteiger partial charge < -0.3 is 4.90 Å². The van der Waals surface area contributed by atoms with E-state index in [0.29, 0.717) is 11.3 Å². The van der Waals surface area contributed by atoms with E-state index < -0.39 is 16.1 Å². The number of amides is 1. The standard InChI is InChI=1S/C26H23N3O3S/c1-29(25(20-11-4-2-5-12-20)24-17-8-9-18-27-24)26(30)21-13-10-14-22(19-21)28-33(31,32)23-15-6-3-7-16-23/h2-19,25,28H,1H3. The molecule has 0 saturated carbocycles. The van der Waals surface area contributed by atoms with Gasteiger partial charge in [-0.1, -0.05) is 60.7 Å². The zero-order chi connectivity index (χ0) is 23.3. The zero-order valence-electron chi connectivity index (χ0n) is 18.0. The summed E-state index contributed by atoms with van der Waals surface area (Å²) in [6.45, 7) is 0. The van der Waals surface area contributed by atoms with Crippen LogP contribution in [-0.4, -0.2) is 31.3 Å². The lowest BCUT2D eigenvalue weighted by Gasteiger charge is -2.28. The normalized spacial score (nSPS) is 12.0. The molecule has 1 atom stereocenters. The summed E-state index contributed by atoms with van der Waals surface area (Å²) in [5.74, 6) is -0.254. The molecule has 0 aliphatic rings. The van der Waals surface area contributed by atoms with Gasteiger partial charge in [-0.05, 0) is 48.0 Å². The number of sulfonamides is 1. The smallest absolute Gasteiger partial charge is 0.261 e. The maximum atomic E-state index is 13.4. The molecule has 0 fully saturated rings. The highest BCUT2D eigenvalue weighted by atomic mass is 32.2. The first-order valence-corrected chi connectivity index (χ1v) is 11.8. The van der Waals surface area contributed by atoms with Crippen LogP contribution in [-0.2, 0) is 10.0 Å². The number of carbonyl (C=O) groups excluding carboxylic acids is 1. The minimum absolute atomic E-state index is 0.151. The molecular weight excluding hydrogens is 434 g/mol. The van der Waals surface area contributed by atoms with Crippen molar-refractivity contribution in [2.45, 2.75) is 10.9 Å². The van der Waals surface area contributed by atoms with Gasteiger partial charge in [0.15, 0.2) is 0 Å². The number of rotatable bonds is 7. The predicted octanol–water partition coefficient (Wildman–Crippen LogP) is 4.74. The molecule has 7 heteroatoms. The number of aromatic nitrogens is 1. The molecule has 33 heavy (non-hydrogen) atoms. The predicted molar refractivity (Wildman–Crippen MR) is 128 cm³/mol. The van der Waals surface area contributed by atoms with Gasteiger partial charge in [0.2, 0.25) is 0 Å². The van der Waals surface area contributed by atoms with Crippen molar-refractivity contribution in [3.8, 4) is 0 Å². The van der Waals surface area contributed by atoms with Crippen LogP contribution in [0.3, 0.4) is 0 Å². The van der Waals surface area contributed by atoms with Gasteiger partial charge in [-0.2, -0.15) is 0 Å². The van der Waals surface area contributed by atoms with Crippen LogP contribution in [0.4, 0.5) is 5.69 Å². The molecule has 1 unspecified atom stereocenters. The summed E-state index contributed by atoms with van der Waals surface area (Å²) in [5.41, 5.74) is 2.34. The first-order valence-electron chi connectivity index (χ1n) is 10.4. The second-order valence-electron chi connectivity index (χ2n) is 7.48. The van der Waals surface area contributed by atoms with Gasteiger partial charge in [0.1, 0.15) is 0 Å². The van der Waals surface area contributed by atoms with Crippen LogP contribution in [0.2, 0.25) is 0 Å². The molecule has 0 radical (unpaired) electrons. The number of carbonyl (C=O) groups is 1. The molecule has 0 saturated heterocycles. The monoisotopic (exact) mass is 457 g/mol. The molecule has 0 spiro atoms. The fraction of sp³-hybridized carbons (Fsp3) is 0.0769. The molecule has 1 heterocycles. The average Bonchev–Trinajstić information content (AvgIpc) is 2.85. The van der Waals surface area contributed by atoms with Crippen LogP contribution >= 0.6 is 0 Å². The number of hydrogen-bond acceptors (Lipinski definition) is 4. The van der Waals surface area contributed by atoms with E-state index in [-0.39, 0.29) is 10.8 Å². The fourth-order valence-corrected chi connectivity index (χ4v) is 4.69. The summed E-state index contributed by atoms with van der Waals surface area (Å²) in [5, 5.41) is 0. The largest absolute Gasteiger partial charge is 0.329 e. The SMILES string of the molecule is CN(C(=O)c1cccc(NS(=O)(=O)c2ccccc2)c1)C(c1ccccc1)c1ccccn1. The molecule has 4 rings (SSSR count). The van der Waals surface area contributed by atoms with E-state index in [1.807, 2.05) is 48.5 Å². The maximum Gasteiger partial charge on any atom is 0.261 e. The maximum absolute atomic E-state index is 13.4. The van der Waals surface area contributed by atoms with Crippen molar-refractivity contribution in [2.75, 3.05) is 11.8 Å². The van der Waals surface area contributed by atoms with Crippen molar-refractivity contribution in [2.24, 2.45) is 0 Å². The Balaban J connectivity index is 1.63. The van der Waals surface area contributed by atoms with Crippen molar-refractivity contribution >= 4 is 21.6 Å². The Labute approximate surface area is 193 Å². The lowest BCUT2D eigenvalue weighted by atomic mass is 10.0. The molecule has 1 aromatic heterocycles. The Hall–Kier alpha value is -3.97. The highest BCUT2D eigenvalue weighted by Gasteiger charge is 2.26. The Morgan fingerprint density at radius 3 is 2.18 bits per heavy atom. The van der Waals surface area contributed by atoms with Gasteiger partial charge in [-0.15, -0.1) is 0 Å². The van der Waals surface area contributed by atoms with Gasteiger partial charge in [-0.3, -0.25) is 14.5 Å². The molecule has 1 amide bonds. The second kappa shape index (κ2) is 9.67. The summed E-state index contributed by atoms with van der Waals surface area (Å²) < 4.78 is 27.9. The summed E-state index contributed by atoms with van der Waals surface area (Å²) in [4.78, 5) is 19.7. The van der Waals surface area contributed by atoms with E-state index in [4.69, 9.17) is 0 Å². The van der Waals surface area contributed by atoms with Gasteiger partial charge in [0.05, 0.1) is 16.6 Å². The number of benzene rings is 3. The molecule has 0 aliphatic carbocycles. The molecule has 4 aromatic rings. The lowest BCUT2D eigenvalue weighted by molar-refractivity contribution is 0.0752. The Morgan fingerprint density at radius 1 is 0.848 bits per heavy atom. The van der Waals surface area contributed by atoms with Crippen LogP contribution < -0.4 is 4.72 Å². The van der Waals surface area contributed by atoms with E-state index >= 15 is 0 Å². The molecule has 0 aliphatic heterocycles. The van der Waals surface area contributed by atoms with Gasteiger partial charge in [-0.25, -0.2) is 8.42 Å². The first-order chi connectivity index (χ1) is 16.0. The van der Waals surface area contributed by atoms with Gasteiger partial charge in [0, 0.05) is 24.5 Å². The average molecular weight is 458 g/mol. The quantitative estimate of drug-likeness (QED) is 0.435. The minimum atomic E-state index is -3.76. The third-order valence-electron chi connectivity index (χ3n) is 5.21. The highest BCUT2D eigenvalue weighted by molar-refractivity contribution is 7.92. The van der Waals surface area contributed by atoms with Crippen molar-refractivity contribution in [1.82, 2.24) is 9.88 Å². The minimum Gasteiger partial charge on any atom is -0.329 e. The zero-order valence-corrected chi connectivity index (χ0v) is 18.8. The molecule has 1 N–H and O–H groups in total. The number of hydrogen-bond donors (Lipinski definition) is 1. The summed E-state index contributed by atoms with van der Waals surface area (Å²) >= 11 is 0. The third-order valence-corrected chi connectivity index (χ3v) is 6.60. The molecule has 166 valence electrons. The van der Waals surface area contributed by atoms with Crippen LogP contribution in [0.25, 0.3) is 0 Å². The number of pyridine rings is 1. The van der Waals surface area contributed by atoms with Crippen LogP contribution in [0.15, 0.2) is 114 Å². The van der Waals surface area contributed by atoms with Crippen LogP contribution in [0, 0.1) is 0 Å². The number of anilines is 1. The third kappa shape index (κ3) is 5.10. The van der Waals surface area contributed by atoms with Crippen molar-refractivity contribution < 1.29 is 13.2 Å². The van der Waals surface area contributed by atoms with E-state index in [9.17, 15) is 13.2 Å². The van der Waals surface area contributed by atoms with E-state index in [0.717, 1.165) is 11.3 Å². The summed E-state index contributed by atoms with van der Waals surface area (Å²) in [6, 6.07) is 29.4. The molecule has 6 nitrogen and oxygen atoms in total. The highest BCUT2D eigenvalue weighted by Crippen LogP contribution is 2.28. The van der Waals surface area contributed by atoms with Gasteiger partial charge in [0.25, 0.3) is 15.9 Å². The van der Waals surface area contributed by atoms with Crippen molar-refractivity contribution in [3.63, 3.8) is 0 Å². The Morgan fingerprint density at radius 2 is 1.52 bits per heavy atom. The second-order valence-corrected chi connectivity index (χ2v) is 9.17. The fourth-order valence-electron chi connectivity index (χ4n) is 3.62.